The van der Waals surface area contributed by atoms with Gasteiger partial charge in [-0.25, -0.2) is 0 Å². The number of piperazine rings is 3. The second-order valence-corrected chi connectivity index (χ2v) is 4.82. The Labute approximate surface area is 85.3 Å². The van der Waals surface area contributed by atoms with E-state index >= 15 is 0 Å². The van der Waals surface area contributed by atoms with Crippen molar-refractivity contribution in [1.29, 1.82) is 0 Å². The quantitative estimate of drug-likeness (QED) is 0.422. The lowest BCUT2D eigenvalue weighted by atomic mass is 10.2. The van der Waals surface area contributed by atoms with Crippen LogP contribution in [0.3, 0.4) is 0 Å². The predicted molar refractivity (Wildman–Crippen MR) is 39.4 cm³/mol. The lowest BCUT2D eigenvalue weighted by Gasteiger charge is -2.48. The maximum atomic E-state index is 8.60. The number of likely N-dealkylation sites (N-methyl/N-ethyl adjacent to an activating group) is 1. The van der Waals surface area contributed by atoms with E-state index in [1.807, 2.05) is 0 Å². The Bertz CT molecular complexity index is 169. The van der Waals surface area contributed by atoms with Crippen molar-refractivity contribution in [3.05, 3.63) is 0 Å². The molecule has 0 atom stereocenters. The third kappa shape index (κ3) is 4.52. The summed E-state index contributed by atoms with van der Waals surface area (Å²) < 4.78 is 34.1. The fourth-order valence-corrected chi connectivity index (χ4v) is 1.82. The van der Waals surface area contributed by atoms with Gasteiger partial charge >= 0.3 is 0 Å². The first-order chi connectivity index (χ1) is 6.29. The SMILES string of the molecule is C[N+]12CCN(CC1)CC2.[O-][Cl+3]([O-])([O-])O. The molecule has 3 heterocycles. The van der Waals surface area contributed by atoms with E-state index < -0.39 is 10.2 Å². The summed E-state index contributed by atoms with van der Waals surface area (Å²) >= 11 is 0. The normalized spacial score (nSPS) is 36.2. The molecule has 0 unspecified atom stereocenters. The summed E-state index contributed by atoms with van der Waals surface area (Å²) in [5.41, 5.74) is 0. The van der Waals surface area contributed by atoms with Crippen LogP contribution >= 0.6 is 0 Å². The molecule has 0 spiro atoms. The maximum absolute atomic E-state index is 8.60. The van der Waals surface area contributed by atoms with Gasteiger partial charge in [-0.05, 0) is 0 Å². The van der Waals surface area contributed by atoms with Gasteiger partial charge in [0.1, 0.15) is 0 Å². The Morgan fingerprint density at radius 1 is 1.07 bits per heavy atom. The van der Waals surface area contributed by atoms with Crippen LogP contribution in [0.4, 0.5) is 0 Å². The van der Waals surface area contributed by atoms with E-state index in [2.05, 4.69) is 11.9 Å². The second kappa shape index (κ2) is 4.28. The van der Waals surface area contributed by atoms with Crippen LogP contribution in [0.5, 0.6) is 0 Å². The van der Waals surface area contributed by atoms with Crippen LogP contribution < -0.4 is 14.0 Å². The van der Waals surface area contributed by atoms with Crippen molar-refractivity contribution < 1.29 is 33.4 Å². The van der Waals surface area contributed by atoms with Crippen LogP contribution in [0, 0.1) is 10.2 Å². The minimum Gasteiger partial charge on any atom is -0.323 e. The standard InChI is InChI=1S/C7H15N2.ClHO4/c1-9-5-2-8(3-6-9)4-7-9;2-1(3,4)5/h2-7H2,1H3;(H,2,3,4,5)/q+1;. The van der Waals surface area contributed by atoms with Gasteiger partial charge in [0.15, 0.2) is 0 Å². The molecule has 0 amide bonds. The van der Waals surface area contributed by atoms with Crippen LogP contribution in [-0.4, -0.2) is 60.4 Å². The molecular weight excluding hydrogens is 212 g/mol. The fraction of sp³-hybridized carbons (Fsp3) is 1.00. The first kappa shape index (κ1) is 12.1. The molecule has 0 aromatic heterocycles. The number of fused-ring (bicyclic) bond motifs is 3. The summed E-state index contributed by atoms with van der Waals surface area (Å²) in [4.78, 5) is 2.57. The summed E-state index contributed by atoms with van der Waals surface area (Å²) in [6.45, 7) is 8.20. The Morgan fingerprint density at radius 3 is 1.50 bits per heavy atom. The van der Waals surface area contributed by atoms with E-state index in [-0.39, 0.29) is 0 Å². The molecule has 2 bridgehead atoms. The zero-order valence-corrected chi connectivity index (χ0v) is 8.94. The predicted octanol–water partition coefficient (Wildman–Crippen LogP) is -4.36. The van der Waals surface area contributed by atoms with Crippen molar-refractivity contribution in [3.8, 4) is 0 Å². The molecule has 3 saturated heterocycles. The molecule has 14 heavy (non-hydrogen) atoms. The van der Waals surface area contributed by atoms with Gasteiger partial charge in [-0.2, -0.15) is 14.0 Å². The lowest BCUT2D eigenvalue weighted by Crippen LogP contribution is -2.65. The molecular formula is C7H16ClN2O4+. The van der Waals surface area contributed by atoms with Crippen LogP contribution in [0.2, 0.25) is 0 Å². The highest BCUT2D eigenvalue weighted by Crippen LogP contribution is 2.15. The van der Waals surface area contributed by atoms with E-state index in [4.69, 9.17) is 18.6 Å². The average molecular weight is 228 g/mol. The number of hydrogen-bond donors (Lipinski definition) is 1. The topological polar surface area (TPSA) is 92.7 Å². The molecule has 0 radical (unpaired) electrons. The minimum atomic E-state index is -4.69. The Kier molecular flexibility index (Phi) is 3.70. The molecule has 7 heteroatoms. The zero-order valence-electron chi connectivity index (χ0n) is 8.19. The number of rotatable bonds is 0. The second-order valence-electron chi connectivity index (χ2n) is 4.03. The summed E-state index contributed by atoms with van der Waals surface area (Å²) in [5.74, 6) is 0. The molecule has 0 aromatic carbocycles. The van der Waals surface area contributed by atoms with E-state index in [9.17, 15) is 0 Å². The minimum absolute atomic E-state index is 1.34. The largest absolute Gasteiger partial charge is 0.323 e. The van der Waals surface area contributed by atoms with Crippen LogP contribution in [0.15, 0.2) is 0 Å². The molecule has 3 rings (SSSR count). The van der Waals surface area contributed by atoms with E-state index in [1.54, 1.807) is 0 Å². The number of quaternary nitrogens is 1. The molecule has 0 aromatic rings. The first-order valence-corrected chi connectivity index (χ1v) is 5.74. The van der Waals surface area contributed by atoms with Gasteiger partial charge < -0.3 is 4.48 Å². The molecule has 0 aliphatic carbocycles. The van der Waals surface area contributed by atoms with Crippen LogP contribution in [0.1, 0.15) is 0 Å². The number of nitrogens with zero attached hydrogens (tertiary/aromatic N) is 2. The van der Waals surface area contributed by atoms with Crippen molar-refractivity contribution in [3.63, 3.8) is 0 Å². The van der Waals surface area contributed by atoms with Crippen LogP contribution in [-0.2, 0) is 0 Å². The molecule has 84 valence electrons. The fourth-order valence-electron chi connectivity index (χ4n) is 1.82. The van der Waals surface area contributed by atoms with Gasteiger partial charge in [-0.15, -0.1) is 0 Å². The highest BCUT2D eigenvalue weighted by Gasteiger charge is 2.34. The van der Waals surface area contributed by atoms with E-state index in [1.165, 1.54) is 43.8 Å². The van der Waals surface area contributed by atoms with Crippen molar-refractivity contribution in [2.75, 3.05) is 46.3 Å². The van der Waals surface area contributed by atoms with Gasteiger partial charge in [0.05, 0.1) is 41.6 Å². The molecule has 3 aliphatic rings. The number of halogens is 1. The third-order valence-electron chi connectivity index (χ3n) is 2.87. The molecule has 3 fully saturated rings. The zero-order chi connectivity index (χ0) is 10.8. The van der Waals surface area contributed by atoms with Gasteiger partial charge in [0.25, 0.3) is 0 Å². The Hall–Kier alpha value is 0.0500. The smallest absolute Gasteiger partial charge is 0.0914 e. The van der Waals surface area contributed by atoms with Gasteiger partial charge in [0, 0.05) is 19.6 Å². The maximum Gasteiger partial charge on any atom is 0.0914 e. The Balaban J connectivity index is 0.000000171. The van der Waals surface area contributed by atoms with Gasteiger partial charge in [-0.3, -0.25) is 4.90 Å². The lowest BCUT2D eigenvalue weighted by molar-refractivity contribution is -1.92. The van der Waals surface area contributed by atoms with E-state index in [0.717, 1.165) is 0 Å². The third-order valence-corrected chi connectivity index (χ3v) is 2.87. The average Bonchev–Trinajstić information content (AvgIpc) is 2.02. The summed E-state index contributed by atoms with van der Waals surface area (Å²) in [5, 5.41) is 0. The van der Waals surface area contributed by atoms with E-state index in [0.29, 0.717) is 0 Å². The highest BCUT2D eigenvalue weighted by molar-refractivity contribution is 4.68. The molecule has 3 aliphatic heterocycles. The highest BCUT2D eigenvalue weighted by atomic mass is 35.7. The monoisotopic (exact) mass is 227 g/mol. The van der Waals surface area contributed by atoms with Crippen LogP contribution in [0.25, 0.3) is 0 Å². The van der Waals surface area contributed by atoms with Crippen molar-refractivity contribution in [2.24, 2.45) is 0 Å². The van der Waals surface area contributed by atoms with Crippen molar-refractivity contribution >= 4 is 0 Å². The van der Waals surface area contributed by atoms with Crippen molar-refractivity contribution in [1.82, 2.24) is 4.90 Å². The van der Waals surface area contributed by atoms with Crippen molar-refractivity contribution in [2.45, 2.75) is 0 Å². The first-order valence-electron chi connectivity index (χ1n) is 4.48. The Morgan fingerprint density at radius 2 is 1.36 bits per heavy atom. The number of hydrogen-bond acceptors (Lipinski definition) is 5. The summed E-state index contributed by atoms with van der Waals surface area (Å²) in [6, 6.07) is 0. The molecule has 1 N–H and O–H groups in total. The van der Waals surface area contributed by atoms with Gasteiger partial charge in [-0.1, -0.05) is 0 Å². The van der Waals surface area contributed by atoms with Gasteiger partial charge in [0.2, 0.25) is 0 Å². The molecule has 6 nitrogen and oxygen atoms in total. The summed E-state index contributed by atoms with van der Waals surface area (Å²) in [7, 11) is -2.31. The summed E-state index contributed by atoms with van der Waals surface area (Å²) in [6.07, 6.45) is 0. The molecule has 0 saturated carbocycles.